The van der Waals surface area contributed by atoms with Crippen LogP contribution in [0.3, 0.4) is 0 Å². The number of hydrogen-bond acceptors (Lipinski definition) is 3. The van der Waals surface area contributed by atoms with Crippen molar-refractivity contribution in [2.75, 3.05) is 0 Å². The van der Waals surface area contributed by atoms with Crippen LogP contribution in [0, 0.1) is 6.07 Å². The fraction of sp³-hybridized carbons (Fsp3) is 0.300. The Morgan fingerprint density at radius 2 is 1.26 bits per heavy atom. The third kappa shape index (κ3) is 9.57. The van der Waals surface area contributed by atoms with Crippen molar-refractivity contribution in [3.05, 3.63) is 167 Å². The third-order valence-electron chi connectivity index (χ3n) is 12.2. The van der Waals surface area contributed by atoms with Gasteiger partial charge in [-0.2, -0.15) is 0 Å². The van der Waals surface area contributed by atoms with Crippen LogP contribution in [0.1, 0.15) is 139 Å². The van der Waals surface area contributed by atoms with Gasteiger partial charge in [-0.3, -0.25) is 9.55 Å². The Morgan fingerprint density at radius 1 is 0.615 bits per heavy atom. The summed E-state index contributed by atoms with van der Waals surface area (Å²) < 4.78 is 62.8. The summed E-state index contributed by atoms with van der Waals surface area (Å²) in [7, 11) is 0. The van der Waals surface area contributed by atoms with Crippen LogP contribution in [-0.2, 0) is 37.3 Å². The molecule has 8 aromatic rings. The fourth-order valence-corrected chi connectivity index (χ4v) is 8.21. The number of para-hydroxylation sites is 1. The zero-order valence-electron chi connectivity index (χ0n) is 46.9. The van der Waals surface area contributed by atoms with Gasteiger partial charge in [0.05, 0.1) is 29.1 Å². The quantitative estimate of drug-likeness (QED) is 0.154. The van der Waals surface area contributed by atoms with Crippen LogP contribution in [0.15, 0.2) is 133 Å². The van der Waals surface area contributed by atoms with E-state index in [9.17, 15) is 7.85 Å². The molecule has 0 aliphatic carbocycles. The largest absolute Gasteiger partial charge is 0.507 e. The number of imidazole rings is 1. The molecule has 0 aliphatic heterocycles. The molecule has 0 radical (unpaired) electrons. The summed E-state index contributed by atoms with van der Waals surface area (Å²) in [4.78, 5) is 10.3. The summed E-state index contributed by atoms with van der Waals surface area (Å²) in [6.45, 7) is 26.7. The minimum Gasteiger partial charge on any atom is -0.507 e. The van der Waals surface area contributed by atoms with Gasteiger partial charge in [-0.25, -0.2) is 4.98 Å². The molecule has 0 aliphatic rings. The van der Waals surface area contributed by atoms with Crippen molar-refractivity contribution < 1.29 is 35.8 Å². The number of phenols is 1. The Morgan fingerprint density at radius 3 is 1.89 bits per heavy atom. The van der Waals surface area contributed by atoms with Gasteiger partial charge in [-0.05, 0) is 97.3 Å². The second kappa shape index (κ2) is 18.0. The van der Waals surface area contributed by atoms with Gasteiger partial charge in [0.25, 0.3) is 0 Å². The molecule has 0 atom stereocenters. The van der Waals surface area contributed by atoms with Crippen molar-refractivity contribution in [3.63, 3.8) is 0 Å². The van der Waals surface area contributed by atoms with Gasteiger partial charge >= 0.3 is 0 Å². The fourth-order valence-electron chi connectivity index (χ4n) is 8.21. The summed E-state index contributed by atoms with van der Waals surface area (Å²) in [6, 6.07) is 34.3. The van der Waals surface area contributed by atoms with Gasteiger partial charge < -0.3 is 5.11 Å². The molecule has 0 amide bonds. The van der Waals surface area contributed by atoms with Crippen LogP contribution in [0.25, 0.3) is 72.7 Å². The van der Waals surface area contributed by atoms with Gasteiger partial charge in [0.2, 0.25) is 0 Å². The number of pyridine rings is 1. The molecule has 0 saturated heterocycles. The van der Waals surface area contributed by atoms with Crippen LogP contribution >= 0.6 is 0 Å². The SMILES string of the molecule is [2H]c1c([2H])c([2H])c(-c2ccnc(-c3[c-]c(-c4cccc5c4nc(-c4cc(C([2H])(C)C)cc(C([2H])(C)C)c4O)n5-c4ccc(C(C)(C)C)cc4-c4ccc(C(C)(C)C)cc4)cc(C(C)(C)C)c3)c2)c([2H])c1[2H].[Pt]. The minimum atomic E-state index is -1.22. The van der Waals surface area contributed by atoms with Crippen molar-refractivity contribution in [1.82, 2.24) is 14.5 Å². The number of rotatable bonds is 8. The molecule has 8 rings (SSSR count). The predicted octanol–water partition coefficient (Wildman–Crippen LogP) is 16.4. The second-order valence-corrected chi connectivity index (χ2v) is 20.5. The Hall–Kier alpha value is -5.57. The zero-order chi connectivity index (χ0) is 52.1. The monoisotopic (exact) mass is 1040 g/mol. The average Bonchev–Trinajstić information content (AvgIpc) is 3.68. The first-order chi connectivity index (χ1) is 32.9. The number of nitrogens with zero attached hydrogens (tertiary/aromatic N) is 3. The van der Waals surface area contributed by atoms with E-state index in [1.165, 1.54) is 5.56 Å². The van der Waals surface area contributed by atoms with Crippen molar-refractivity contribution in [1.29, 1.82) is 0 Å². The zero-order valence-corrected chi connectivity index (χ0v) is 42.2. The second-order valence-electron chi connectivity index (χ2n) is 20.5. The first-order valence-corrected chi connectivity index (χ1v) is 22.1. The summed E-state index contributed by atoms with van der Waals surface area (Å²) in [6.07, 6.45) is 1.58. The number of aromatic nitrogens is 3. The van der Waals surface area contributed by atoms with Crippen LogP contribution in [-0.4, -0.2) is 19.6 Å². The van der Waals surface area contributed by atoms with E-state index < -0.39 is 29.9 Å². The number of aromatic hydroxyl groups is 1. The van der Waals surface area contributed by atoms with E-state index >= 15 is 0 Å². The number of fused-ring (bicyclic) bond motifs is 1. The average molecular weight is 1050 g/mol. The van der Waals surface area contributed by atoms with Crippen LogP contribution in [0.5, 0.6) is 5.75 Å². The molecule has 2 aromatic heterocycles. The first kappa shape index (κ1) is 38.7. The maximum atomic E-state index is 12.5. The molecule has 0 unspecified atom stereocenters. The van der Waals surface area contributed by atoms with E-state index in [-0.39, 0.29) is 60.7 Å². The summed E-state index contributed by atoms with van der Waals surface area (Å²) >= 11 is 0. The minimum absolute atomic E-state index is 0. The molecular weight excluding hydrogens is 974 g/mol. The van der Waals surface area contributed by atoms with Crippen LogP contribution in [0.4, 0.5) is 0 Å². The van der Waals surface area contributed by atoms with Crippen molar-refractivity contribution in [3.8, 4) is 67.5 Å². The Balaban J connectivity index is 0.00000760. The molecule has 2 heterocycles. The van der Waals surface area contributed by atoms with Gasteiger partial charge in [0.15, 0.2) is 0 Å². The molecule has 1 N–H and O–H groups in total. The van der Waals surface area contributed by atoms with Gasteiger partial charge in [0, 0.05) is 41.3 Å². The number of benzene rings is 6. The molecule has 65 heavy (non-hydrogen) atoms. The Labute approximate surface area is 412 Å². The maximum Gasteiger partial charge on any atom is 0.148 e. The van der Waals surface area contributed by atoms with Crippen molar-refractivity contribution in [2.24, 2.45) is 0 Å². The number of hydrogen-bond donors (Lipinski definition) is 1. The maximum absolute atomic E-state index is 12.5. The molecule has 0 fully saturated rings. The standard InChI is InChI=1S/C60H64N3O.Pt/c1-37(2)42-33-49(38(3)4)56(64)51(34-42)57-62-55-48(43-30-44(32-47(31-43)60(11,12)13)52-35-41(28-29-61-52)39-18-15-14-16-19-39)20-17-21-54(55)63(57)53-27-26-46(59(8,9)10)36-50(53)40-22-24-45(25-23-40)58(5,6)7;/h14-29,31-38,64H,1-13H3;/q-1;/i14D,15D,16D,18D,19D,37D,38D;. The van der Waals surface area contributed by atoms with Gasteiger partial charge in [-0.1, -0.05) is 186 Å². The third-order valence-corrected chi connectivity index (χ3v) is 12.2. The van der Waals surface area contributed by atoms with E-state index in [1.807, 2.05) is 30.3 Å². The van der Waals surface area contributed by atoms with Crippen molar-refractivity contribution >= 4 is 11.0 Å². The van der Waals surface area contributed by atoms with Gasteiger partial charge in [-0.15, -0.1) is 29.3 Å². The summed E-state index contributed by atoms with van der Waals surface area (Å²) in [5.41, 5.74) is 11.5. The molecule has 0 spiro atoms. The summed E-state index contributed by atoms with van der Waals surface area (Å²) in [5.74, 6) is -1.93. The van der Waals surface area contributed by atoms with E-state index in [4.69, 9.17) is 16.8 Å². The van der Waals surface area contributed by atoms with E-state index in [2.05, 4.69) is 121 Å². The Bertz CT molecular complexity index is 3370. The topological polar surface area (TPSA) is 50.9 Å². The molecule has 0 bridgehead atoms. The Kier molecular flexibility index (Phi) is 10.7. The van der Waals surface area contributed by atoms with Crippen LogP contribution in [0.2, 0.25) is 0 Å². The van der Waals surface area contributed by atoms with E-state index in [1.54, 1.807) is 52.1 Å². The normalized spacial score (nSPS) is 14.1. The smallest absolute Gasteiger partial charge is 0.148 e. The molecule has 336 valence electrons. The van der Waals surface area contributed by atoms with E-state index in [0.717, 1.165) is 44.6 Å². The summed E-state index contributed by atoms with van der Waals surface area (Å²) in [5, 5.41) is 12.5. The van der Waals surface area contributed by atoms with Crippen molar-refractivity contribution in [2.45, 2.75) is 118 Å². The van der Waals surface area contributed by atoms with E-state index in [0.29, 0.717) is 44.9 Å². The first-order valence-electron chi connectivity index (χ1n) is 25.6. The molecular formula is C60H64N3OPt-. The molecule has 4 nitrogen and oxygen atoms in total. The predicted molar refractivity (Wildman–Crippen MR) is 271 cm³/mol. The van der Waals surface area contributed by atoms with Crippen LogP contribution < -0.4 is 0 Å². The van der Waals surface area contributed by atoms with Gasteiger partial charge in [0.1, 0.15) is 11.6 Å². The number of phenolic OH excluding ortho intramolecular Hbond substituents is 1. The molecule has 0 saturated carbocycles. The molecule has 6 aromatic carbocycles. The molecule has 5 heteroatoms.